The van der Waals surface area contributed by atoms with Crippen LogP contribution >= 0.6 is 0 Å². The van der Waals surface area contributed by atoms with Gasteiger partial charge >= 0.3 is 6.03 Å². The molecule has 3 atom stereocenters. The third-order valence-corrected chi connectivity index (χ3v) is 6.77. The first-order valence-corrected chi connectivity index (χ1v) is 12.7. The summed E-state index contributed by atoms with van der Waals surface area (Å²) < 4.78 is 14.1. The first kappa shape index (κ1) is 26.9. The van der Waals surface area contributed by atoms with Crippen molar-refractivity contribution < 1.29 is 18.8 Å². The topological polar surface area (TPSA) is 85.0 Å². The maximum absolute atomic E-state index is 14.1. The van der Waals surface area contributed by atoms with E-state index in [1.165, 1.54) is 12.1 Å². The van der Waals surface area contributed by atoms with Gasteiger partial charge < -0.3 is 25.3 Å². The molecule has 0 radical (unpaired) electrons. The minimum atomic E-state index is -0.373. The molecule has 0 aromatic heterocycles. The largest absolute Gasteiger partial charge is 0.353 e. The van der Waals surface area contributed by atoms with E-state index < -0.39 is 0 Å². The van der Waals surface area contributed by atoms with E-state index in [1.807, 2.05) is 17.9 Å². The van der Waals surface area contributed by atoms with Crippen LogP contribution in [0.5, 0.6) is 0 Å². The number of rotatable bonds is 9. The van der Waals surface area contributed by atoms with Crippen molar-refractivity contribution in [2.24, 2.45) is 5.92 Å². The zero-order valence-corrected chi connectivity index (χ0v) is 21.5. The molecule has 0 aliphatic carbocycles. The van der Waals surface area contributed by atoms with Crippen LogP contribution in [0, 0.1) is 18.7 Å². The van der Waals surface area contributed by atoms with Gasteiger partial charge in [0.1, 0.15) is 5.82 Å². The smallest absolute Gasteiger partial charge is 0.319 e. The van der Waals surface area contributed by atoms with Crippen LogP contribution in [-0.4, -0.2) is 91.4 Å². The molecule has 8 nitrogen and oxygen atoms in total. The Morgan fingerprint density at radius 3 is 2.71 bits per heavy atom. The van der Waals surface area contributed by atoms with Crippen LogP contribution in [0.4, 0.5) is 9.18 Å². The van der Waals surface area contributed by atoms with Gasteiger partial charge in [-0.1, -0.05) is 19.4 Å². The Bertz CT molecular complexity index is 889. The van der Waals surface area contributed by atoms with Gasteiger partial charge in [0, 0.05) is 65.3 Å². The van der Waals surface area contributed by atoms with Gasteiger partial charge in [-0.05, 0) is 49.4 Å². The highest BCUT2D eigenvalue weighted by Crippen LogP contribution is 2.20. The number of hydrogen-bond acceptors (Lipinski definition) is 4. The van der Waals surface area contributed by atoms with E-state index in [2.05, 4.69) is 17.6 Å². The van der Waals surface area contributed by atoms with Gasteiger partial charge in [0.2, 0.25) is 11.8 Å². The van der Waals surface area contributed by atoms with Gasteiger partial charge in [0.15, 0.2) is 0 Å². The molecular formula is C26H40FN5O3. The lowest BCUT2D eigenvalue weighted by molar-refractivity contribution is -0.129. The van der Waals surface area contributed by atoms with Crippen LogP contribution in [0.1, 0.15) is 43.7 Å². The third kappa shape index (κ3) is 7.65. The number of benzene rings is 1. The molecule has 2 unspecified atom stereocenters. The summed E-state index contributed by atoms with van der Waals surface area (Å²) in [5, 5.41) is 6.63. The molecule has 0 spiro atoms. The summed E-state index contributed by atoms with van der Waals surface area (Å²) in [7, 11) is 3.47. The molecule has 4 amide bonds. The average Bonchev–Trinajstić information content (AvgIpc) is 3.17. The molecule has 2 saturated heterocycles. The number of nitrogens with one attached hydrogen (secondary N) is 2. The first-order chi connectivity index (χ1) is 16.7. The Morgan fingerprint density at radius 1 is 1.26 bits per heavy atom. The van der Waals surface area contributed by atoms with Crippen molar-refractivity contribution in [3.05, 3.63) is 35.1 Å². The summed E-state index contributed by atoms with van der Waals surface area (Å²) in [6.07, 6.45) is 3.23. The highest BCUT2D eigenvalue weighted by molar-refractivity contribution is 5.89. The van der Waals surface area contributed by atoms with Crippen molar-refractivity contribution >= 4 is 17.8 Å². The number of aryl methyl sites for hydroxylation is 1. The number of amides is 4. The van der Waals surface area contributed by atoms with Crippen molar-refractivity contribution in [2.45, 2.75) is 58.0 Å². The molecule has 0 bridgehead atoms. The van der Waals surface area contributed by atoms with Crippen molar-refractivity contribution in [1.82, 2.24) is 25.3 Å². The summed E-state index contributed by atoms with van der Waals surface area (Å²) >= 11 is 0. The minimum absolute atomic E-state index is 0.00105. The Balaban J connectivity index is 1.70. The van der Waals surface area contributed by atoms with E-state index >= 15 is 0 Å². The monoisotopic (exact) mass is 489 g/mol. The SMILES string of the molecule is CCCCN1CC(C(=O)NC(Cc2cc(C)cc(F)c2)C[C@H]2CN(C(=O)N(C)C)CCN2)CC1=O. The molecule has 194 valence electrons. The molecule has 2 fully saturated rings. The molecular weight excluding hydrogens is 449 g/mol. The Labute approximate surface area is 208 Å². The predicted octanol–water partition coefficient (Wildman–Crippen LogP) is 2.16. The summed E-state index contributed by atoms with van der Waals surface area (Å²) in [4.78, 5) is 43.2. The predicted molar refractivity (Wildman–Crippen MR) is 133 cm³/mol. The van der Waals surface area contributed by atoms with Crippen molar-refractivity contribution in [3.63, 3.8) is 0 Å². The fraction of sp³-hybridized carbons (Fsp3) is 0.654. The molecule has 2 heterocycles. The lowest BCUT2D eigenvalue weighted by Gasteiger charge is -2.37. The molecule has 3 rings (SSSR count). The molecule has 35 heavy (non-hydrogen) atoms. The molecule has 2 aliphatic rings. The zero-order valence-electron chi connectivity index (χ0n) is 21.5. The average molecular weight is 490 g/mol. The molecule has 1 aromatic carbocycles. The molecule has 9 heteroatoms. The van der Waals surface area contributed by atoms with Crippen LogP contribution in [0.2, 0.25) is 0 Å². The third-order valence-electron chi connectivity index (χ3n) is 6.77. The Morgan fingerprint density at radius 2 is 2.03 bits per heavy atom. The van der Waals surface area contributed by atoms with Crippen LogP contribution in [0.3, 0.4) is 0 Å². The number of urea groups is 1. The zero-order chi connectivity index (χ0) is 25.5. The molecule has 1 aromatic rings. The van der Waals surface area contributed by atoms with Gasteiger partial charge in [0.25, 0.3) is 0 Å². The summed E-state index contributed by atoms with van der Waals surface area (Å²) in [5.74, 6) is -0.769. The second-order valence-corrected chi connectivity index (χ2v) is 10.2. The standard InChI is InChI=1S/C26H40FN5O3/c1-5-6-8-31-16-20(14-24(31)33)25(34)29-22(13-19-10-18(2)11-21(27)12-19)15-23-17-32(9-7-28-23)26(35)30(3)4/h10-12,20,22-23,28H,5-9,13-17H2,1-4H3,(H,29,34)/t20?,22?,23-/m0/s1. The molecule has 2 aliphatic heterocycles. The number of carbonyl (C=O) groups excluding carboxylic acids is 3. The lowest BCUT2D eigenvalue weighted by atomic mass is 9.96. The van der Waals surface area contributed by atoms with E-state index in [0.717, 1.165) is 24.0 Å². The Hall–Kier alpha value is -2.68. The van der Waals surface area contributed by atoms with E-state index in [9.17, 15) is 18.8 Å². The van der Waals surface area contributed by atoms with E-state index in [4.69, 9.17) is 0 Å². The molecule has 2 N–H and O–H groups in total. The minimum Gasteiger partial charge on any atom is -0.353 e. The fourth-order valence-corrected chi connectivity index (χ4v) is 5.02. The second kappa shape index (κ2) is 12.3. The van der Waals surface area contributed by atoms with E-state index in [0.29, 0.717) is 45.6 Å². The maximum atomic E-state index is 14.1. The summed E-state index contributed by atoms with van der Waals surface area (Å²) in [6, 6.07) is 4.64. The highest BCUT2D eigenvalue weighted by atomic mass is 19.1. The number of hydrogen-bond donors (Lipinski definition) is 2. The summed E-state index contributed by atoms with van der Waals surface area (Å²) in [5.41, 5.74) is 1.65. The van der Waals surface area contributed by atoms with Crippen LogP contribution < -0.4 is 10.6 Å². The number of likely N-dealkylation sites (tertiary alicyclic amines) is 1. The second-order valence-electron chi connectivity index (χ2n) is 10.2. The number of carbonyl (C=O) groups is 3. The summed E-state index contributed by atoms with van der Waals surface area (Å²) in [6.45, 7) is 6.91. The van der Waals surface area contributed by atoms with E-state index in [1.54, 1.807) is 23.9 Å². The highest BCUT2D eigenvalue weighted by Gasteiger charge is 2.35. The van der Waals surface area contributed by atoms with Gasteiger partial charge in [0.05, 0.1) is 5.92 Å². The number of halogens is 1. The first-order valence-electron chi connectivity index (χ1n) is 12.7. The maximum Gasteiger partial charge on any atom is 0.319 e. The van der Waals surface area contributed by atoms with E-state index in [-0.39, 0.29) is 48.1 Å². The van der Waals surface area contributed by atoms with Gasteiger partial charge in [-0.3, -0.25) is 9.59 Å². The van der Waals surface area contributed by atoms with Gasteiger partial charge in [-0.2, -0.15) is 0 Å². The normalized spacial score (nSPS) is 21.2. The fourth-order valence-electron chi connectivity index (χ4n) is 5.02. The number of unbranched alkanes of at least 4 members (excludes halogenated alkanes) is 1. The van der Waals surface area contributed by atoms with Gasteiger partial charge in [-0.25, -0.2) is 9.18 Å². The van der Waals surface area contributed by atoms with Crippen LogP contribution in [0.15, 0.2) is 18.2 Å². The quantitative estimate of drug-likeness (QED) is 0.557. The van der Waals surface area contributed by atoms with Crippen molar-refractivity contribution in [2.75, 3.05) is 46.8 Å². The van der Waals surface area contributed by atoms with Gasteiger partial charge in [-0.15, -0.1) is 0 Å². The van der Waals surface area contributed by atoms with Crippen LogP contribution in [0.25, 0.3) is 0 Å². The lowest BCUT2D eigenvalue weighted by Crippen LogP contribution is -2.56. The number of nitrogens with zero attached hydrogens (tertiary/aromatic N) is 3. The molecule has 0 saturated carbocycles. The number of piperazine rings is 1. The van der Waals surface area contributed by atoms with Crippen LogP contribution in [-0.2, 0) is 16.0 Å². The van der Waals surface area contributed by atoms with Crippen molar-refractivity contribution in [1.29, 1.82) is 0 Å². The Kier molecular flexibility index (Phi) is 9.48. The van der Waals surface area contributed by atoms with Crippen molar-refractivity contribution in [3.8, 4) is 0 Å².